The van der Waals surface area contributed by atoms with Gasteiger partial charge in [-0.05, 0) is 47.8 Å². The second-order valence-electron chi connectivity index (χ2n) is 7.41. The molecule has 1 aliphatic rings. The molecule has 0 aliphatic carbocycles. The van der Waals surface area contributed by atoms with Crippen LogP contribution in [0.3, 0.4) is 0 Å². The number of nitrogens with one attached hydrogen (secondary N) is 1. The van der Waals surface area contributed by atoms with Crippen LogP contribution in [-0.2, 0) is 6.54 Å². The minimum atomic E-state index is -0.394. The van der Waals surface area contributed by atoms with E-state index in [0.29, 0.717) is 27.8 Å². The summed E-state index contributed by atoms with van der Waals surface area (Å²) < 4.78 is 16.1. The molecule has 5 nitrogen and oxygen atoms in total. The number of rotatable bonds is 5. The zero-order valence-electron chi connectivity index (χ0n) is 16.3. The van der Waals surface area contributed by atoms with Crippen molar-refractivity contribution in [3.63, 3.8) is 0 Å². The Morgan fingerprint density at radius 3 is 2.89 bits per heavy atom. The van der Waals surface area contributed by atoms with E-state index in [1.807, 2.05) is 6.92 Å². The number of halogens is 2. The first-order chi connectivity index (χ1) is 13.0. The van der Waals surface area contributed by atoms with Gasteiger partial charge in [-0.3, -0.25) is 14.3 Å². The van der Waals surface area contributed by atoms with Gasteiger partial charge >= 0.3 is 0 Å². The summed E-state index contributed by atoms with van der Waals surface area (Å²) in [6.07, 6.45) is 1.92. The molecule has 0 bridgehead atoms. The van der Waals surface area contributed by atoms with E-state index in [0.717, 1.165) is 44.8 Å². The molecule has 7 heteroatoms. The predicted octanol–water partition coefficient (Wildman–Crippen LogP) is 3.70. The second kappa shape index (κ2) is 8.80. The van der Waals surface area contributed by atoms with Crippen LogP contribution in [0.5, 0.6) is 0 Å². The lowest BCUT2D eigenvalue weighted by molar-refractivity contribution is 0.169. The van der Waals surface area contributed by atoms with E-state index >= 15 is 0 Å². The Bertz CT molecular complexity index is 869. The Balaban J connectivity index is 2.16. The molecule has 2 aromatic rings. The van der Waals surface area contributed by atoms with Crippen molar-refractivity contribution in [3.05, 3.63) is 38.6 Å². The van der Waals surface area contributed by atoms with Crippen molar-refractivity contribution < 1.29 is 4.39 Å². The highest BCUT2D eigenvalue weighted by Crippen LogP contribution is 2.28. The Hall–Kier alpha value is -1.31. The Labute approximate surface area is 168 Å². The third-order valence-corrected chi connectivity index (χ3v) is 5.87. The number of nitrogens with zero attached hydrogens (tertiary/aromatic N) is 3. The highest BCUT2D eigenvalue weighted by molar-refractivity contribution is 9.10. The van der Waals surface area contributed by atoms with Crippen LogP contribution in [0.15, 0.2) is 21.4 Å². The summed E-state index contributed by atoms with van der Waals surface area (Å²) in [7, 11) is 0. The van der Waals surface area contributed by atoms with Crippen molar-refractivity contribution >= 4 is 26.8 Å². The maximum atomic E-state index is 14.1. The van der Waals surface area contributed by atoms with Crippen LogP contribution in [0.1, 0.15) is 45.5 Å². The van der Waals surface area contributed by atoms with Crippen LogP contribution in [0.25, 0.3) is 10.9 Å². The topological polar surface area (TPSA) is 50.2 Å². The molecule has 1 aliphatic heterocycles. The summed E-state index contributed by atoms with van der Waals surface area (Å²) in [5, 5.41) is 3.93. The van der Waals surface area contributed by atoms with Gasteiger partial charge in [0.2, 0.25) is 0 Å². The number of aromatic nitrogens is 2. The van der Waals surface area contributed by atoms with Gasteiger partial charge in [0.25, 0.3) is 5.56 Å². The fraction of sp³-hybridized carbons (Fsp3) is 0.600. The van der Waals surface area contributed by atoms with Gasteiger partial charge in [-0.25, -0.2) is 9.37 Å². The quantitative estimate of drug-likeness (QED) is 0.772. The molecule has 0 spiro atoms. The van der Waals surface area contributed by atoms with Gasteiger partial charge in [-0.15, -0.1) is 0 Å². The Morgan fingerprint density at radius 1 is 1.41 bits per heavy atom. The molecule has 3 rings (SSSR count). The van der Waals surface area contributed by atoms with E-state index in [2.05, 4.69) is 40.0 Å². The van der Waals surface area contributed by atoms with E-state index < -0.39 is 5.82 Å². The smallest absolute Gasteiger partial charge is 0.261 e. The van der Waals surface area contributed by atoms with Gasteiger partial charge < -0.3 is 5.32 Å². The summed E-state index contributed by atoms with van der Waals surface area (Å²) >= 11 is 3.18. The van der Waals surface area contributed by atoms with Crippen molar-refractivity contribution in [3.8, 4) is 0 Å². The molecule has 2 heterocycles. The Morgan fingerprint density at radius 2 is 2.19 bits per heavy atom. The zero-order valence-corrected chi connectivity index (χ0v) is 17.9. The van der Waals surface area contributed by atoms with Crippen molar-refractivity contribution in [2.24, 2.45) is 5.92 Å². The van der Waals surface area contributed by atoms with Gasteiger partial charge in [-0.1, -0.05) is 20.3 Å². The maximum absolute atomic E-state index is 14.1. The lowest BCUT2D eigenvalue weighted by Gasteiger charge is -2.32. The molecule has 148 valence electrons. The molecule has 1 fully saturated rings. The lowest BCUT2D eigenvalue weighted by atomic mass is 10.1. The zero-order chi connectivity index (χ0) is 19.6. The van der Waals surface area contributed by atoms with Gasteiger partial charge in [0.05, 0.1) is 21.4 Å². The normalized spacial score (nSPS) is 20.0. The predicted molar refractivity (Wildman–Crippen MR) is 111 cm³/mol. The molecule has 1 saturated heterocycles. The maximum Gasteiger partial charge on any atom is 0.261 e. The third kappa shape index (κ3) is 4.25. The number of hydrogen-bond donors (Lipinski definition) is 1. The second-order valence-corrected chi connectivity index (χ2v) is 8.27. The van der Waals surface area contributed by atoms with Crippen molar-refractivity contribution in [2.45, 2.75) is 46.2 Å². The average Bonchev–Trinajstić information content (AvgIpc) is 2.85. The van der Waals surface area contributed by atoms with Crippen LogP contribution in [0.4, 0.5) is 4.39 Å². The van der Waals surface area contributed by atoms with E-state index in [4.69, 9.17) is 4.98 Å². The third-order valence-electron chi connectivity index (χ3n) is 5.26. The van der Waals surface area contributed by atoms with Gasteiger partial charge in [0.1, 0.15) is 11.6 Å². The summed E-state index contributed by atoms with van der Waals surface area (Å²) in [5.41, 5.74) is 0.336. The summed E-state index contributed by atoms with van der Waals surface area (Å²) in [6, 6.07) is 2.96. The number of hydrogen-bond acceptors (Lipinski definition) is 4. The first kappa shape index (κ1) is 20.4. The Kier molecular flexibility index (Phi) is 6.65. The van der Waals surface area contributed by atoms with Crippen LogP contribution in [-0.4, -0.2) is 40.6 Å². The standard InChI is InChI=1S/C20H28BrFN4O/c1-4-6-18(25-8-7-23-11-13(3)12-25)19-24-17-10-16(22)15(21)9-14(17)20(27)26(19)5-2/h9-10,13,18,23H,4-8,11-12H2,1-3H3/t13-,18+/m0/s1. The summed E-state index contributed by atoms with van der Waals surface area (Å²) in [4.78, 5) is 20.3. The van der Waals surface area contributed by atoms with E-state index in [1.165, 1.54) is 6.07 Å². The molecule has 0 saturated carbocycles. The first-order valence-corrected chi connectivity index (χ1v) is 10.6. The molecular formula is C20H28BrFN4O. The molecule has 1 N–H and O–H groups in total. The first-order valence-electron chi connectivity index (χ1n) is 9.80. The fourth-order valence-corrected chi connectivity index (χ4v) is 4.30. The molecule has 0 radical (unpaired) electrons. The van der Waals surface area contributed by atoms with Gasteiger partial charge in [0.15, 0.2) is 0 Å². The van der Waals surface area contributed by atoms with Crippen LogP contribution < -0.4 is 10.9 Å². The van der Waals surface area contributed by atoms with Crippen molar-refractivity contribution in [1.29, 1.82) is 0 Å². The van der Waals surface area contributed by atoms with Gasteiger partial charge in [0, 0.05) is 32.2 Å². The van der Waals surface area contributed by atoms with Crippen LogP contribution >= 0.6 is 15.9 Å². The minimum Gasteiger partial charge on any atom is -0.315 e. The van der Waals surface area contributed by atoms with Gasteiger partial charge in [-0.2, -0.15) is 0 Å². The largest absolute Gasteiger partial charge is 0.315 e. The monoisotopic (exact) mass is 438 g/mol. The van der Waals surface area contributed by atoms with E-state index in [-0.39, 0.29) is 11.6 Å². The van der Waals surface area contributed by atoms with Crippen molar-refractivity contribution in [2.75, 3.05) is 26.2 Å². The van der Waals surface area contributed by atoms with E-state index in [9.17, 15) is 9.18 Å². The minimum absolute atomic E-state index is 0.0566. The number of fused-ring (bicyclic) bond motifs is 1. The molecular weight excluding hydrogens is 411 g/mol. The number of benzene rings is 1. The molecule has 1 aromatic carbocycles. The summed E-state index contributed by atoms with van der Waals surface area (Å²) in [6.45, 7) is 10.7. The molecule has 0 amide bonds. The van der Waals surface area contributed by atoms with E-state index in [1.54, 1.807) is 10.6 Å². The summed E-state index contributed by atoms with van der Waals surface area (Å²) in [5.74, 6) is 0.893. The molecule has 27 heavy (non-hydrogen) atoms. The lowest BCUT2D eigenvalue weighted by Crippen LogP contribution is -2.38. The van der Waals surface area contributed by atoms with Crippen molar-refractivity contribution in [1.82, 2.24) is 19.8 Å². The highest BCUT2D eigenvalue weighted by atomic mass is 79.9. The fourth-order valence-electron chi connectivity index (χ4n) is 3.95. The molecule has 0 unspecified atom stereocenters. The SMILES string of the molecule is CCC[C@H](c1nc2cc(F)c(Br)cc2c(=O)n1CC)N1CCNC[C@H](C)C1. The molecule has 2 atom stereocenters. The molecule has 1 aromatic heterocycles. The highest BCUT2D eigenvalue weighted by Gasteiger charge is 2.27. The van der Waals surface area contributed by atoms with Crippen LogP contribution in [0, 0.1) is 11.7 Å². The van der Waals surface area contributed by atoms with Crippen LogP contribution in [0.2, 0.25) is 0 Å². The average molecular weight is 439 g/mol.